The molecule has 1 amide bonds. The van der Waals surface area contributed by atoms with Gasteiger partial charge in [-0.2, -0.15) is 0 Å². The Hall–Kier alpha value is -0.280. The lowest BCUT2D eigenvalue weighted by Crippen LogP contribution is -2.35. The molecule has 0 bridgehead atoms. The second kappa shape index (κ2) is 6.25. The molecule has 1 saturated heterocycles. The average Bonchev–Trinajstić information content (AvgIpc) is 2.87. The van der Waals surface area contributed by atoms with Crippen LogP contribution in [-0.2, 0) is 4.79 Å². The molecule has 106 valence electrons. The summed E-state index contributed by atoms with van der Waals surface area (Å²) in [4.78, 5) is 14.3. The summed E-state index contributed by atoms with van der Waals surface area (Å²) in [5.41, 5.74) is 6.39. The third-order valence-electron chi connectivity index (χ3n) is 4.92. The summed E-state index contributed by atoms with van der Waals surface area (Å²) in [6.45, 7) is 6.41. The number of carbonyl (C=O) groups is 1. The molecule has 3 nitrogen and oxygen atoms in total. The molecule has 0 aromatic rings. The number of carbonyl (C=O) groups excluding carboxylic acids is 1. The molecule has 0 spiro atoms. The van der Waals surface area contributed by atoms with E-state index in [9.17, 15) is 4.79 Å². The maximum atomic E-state index is 12.2. The highest BCUT2D eigenvalue weighted by Crippen LogP contribution is 2.34. The van der Waals surface area contributed by atoms with Crippen molar-refractivity contribution in [1.82, 2.24) is 4.90 Å². The van der Waals surface area contributed by atoms with Gasteiger partial charge in [-0.15, -0.1) is 12.4 Å². The molecule has 1 aliphatic carbocycles. The van der Waals surface area contributed by atoms with E-state index in [1.807, 2.05) is 0 Å². The molecule has 1 unspecified atom stereocenters. The normalized spacial score (nSPS) is 35.6. The van der Waals surface area contributed by atoms with E-state index in [0.29, 0.717) is 23.7 Å². The SMILES string of the molecule is CCC1(C)CCN(C(=O)C[C@@H]2CCC[C@H]2N)C1.Cl. The van der Waals surface area contributed by atoms with Gasteiger partial charge < -0.3 is 10.6 Å². The number of likely N-dealkylation sites (tertiary alicyclic amines) is 1. The van der Waals surface area contributed by atoms with Gasteiger partial charge >= 0.3 is 0 Å². The van der Waals surface area contributed by atoms with Crippen LogP contribution >= 0.6 is 12.4 Å². The van der Waals surface area contributed by atoms with Crippen LogP contribution in [0.25, 0.3) is 0 Å². The van der Waals surface area contributed by atoms with E-state index < -0.39 is 0 Å². The van der Waals surface area contributed by atoms with Crippen LogP contribution in [0.5, 0.6) is 0 Å². The Labute approximate surface area is 117 Å². The van der Waals surface area contributed by atoms with Gasteiger partial charge in [0.1, 0.15) is 0 Å². The molecule has 2 aliphatic rings. The van der Waals surface area contributed by atoms with Gasteiger partial charge in [-0.25, -0.2) is 0 Å². The minimum atomic E-state index is 0. The molecule has 18 heavy (non-hydrogen) atoms. The molecule has 2 rings (SSSR count). The molecule has 1 aliphatic heterocycles. The average molecular weight is 275 g/mol. The third-order valence-corrected chi connectivity index (χ3v) is 4.92. The quantitative estimate of drug-likeness (QED) is 0.860. The number of rotatable bonds is 3. The van der Waals surface area contributed by atoms with Crippen LogP contribution in [0.1, 0.15) is 52.4 Å². The van der Waals surface area contributed by atoms with E-state index in [4.69, 9.17) is 5.73 Å². The molecule has 2 N–H and O–H groups in total. The van der Waals surface area contributed by atoms with Gasteiger partial charge in [0.05, 0.1) is 0 Å². The topological polar surface area (TPSA) is 46.3 Å². The minimum Gasteiger partial charge on any atom is -0.342 e. The predicted molar refractivity (Wildman–Crippen MR) is 76.8 cm³/mol. The van der Waals surface area contributed by atoms with Crippen molar-refractivity contribution in [2.24, 2.45) is 17.1 Å². The summed E-state index contributed by atoms with van der Waals surface area (Å²) < 4.78 is 0. The number of nitrogens with zero attached hydrogens (tertiary/aromatic N) is 1. The monoisotopic (exact) mass is 274 g/mol. The zero-order valence-corrected chi connectivity index (χ0v) is 12.5. The van der Waals surface area contributed by atoms with E-state index in [0.717, 1.165) is 32.4 Å². The minimum absolute atomic E-state index is 0. The van der Waals surface area contributed by atoms with Crippen molar-refractivity contribution >= 4 is 18.3 Å². The molecular weight excluding hydrogens is 248 g/mol. The lowest BCUT2D eigenvalue weighted by atomic mass is 9.87. The second-order valence-corrected chi connectivity index (χ2v) is 6.29. The maximum Gasteiger partial charge on any atom is 0.222 e. The number of halogens is 1. The zero-order chi connectivity index (χ0) is 12.5. The molecule has 2 fully saturated rings. The van der Waals surface area contributed by atoms with E-state index in [1.54, 1.807) is 0 Å². The van der Waals surface area contributed by atoms with Gasteiger partial charge in [0.15, 0.2) is 0 Å². The van der Waals surface area contributed by atoms with Crippen molar-refractivity contribution in [3.63, 3.8) is 0 Å². The van der Waals surface area contributed by atoms with Crippen molar-refractivity contribution in [2.75, 3.05) is 13.1 Å². The van der Waals surface area contributed by atoms with Crippen molar-refractivity contribution in [2.45, 2.75) is 58.4 Å². The molecular formula is C14H27ClN2O. The Morgan fingerprint density at radius 1 is 1.44 bits per heavy atom. The maximum absolute atomic E-state index is 12.2. The first-order valence-electron chi connectivity index (χ1n) is 7.07. The van der Waals surface area contributed by atoms with Crippen LogP contribution in [0.3, 0.4) is 0 Å². The largest absolute Gasteiger partial charge is 0.342 e. The number of hydrogen-bond acceptors (Lipinski definition) is 2. The molecule has 0 aromatic carbocycles. The molecule has 1 saturated carbocycles. The number of amides is 1. The molecule has 3 atom stereocenters. The molecule has 0 radical (unpaired) electrons. The van der Waals surface area contributed by atoms with E-state index >= 15 is 0 Å². The summed E-state index contributed by atoms with van der Waals surface area (Å²) in [6.07, 6.45) is 6.45. The molecule has 1 heterocycles. The fraction of sp³-hybridized carbons (Fsp3) is 0.929. The zero-order valence-electron chi connectivity index (χ0n) is 11.7. The Balaban J connectivity index is 0.00000162. The van der Waals surface area contributed by atoms with Crippen LogP contribution < -0.4 is 5.73 Å². The van der Waals surface area contributed by atoms with Gasteiger partial charge in [-0.1, -0.05) is 20.3 Å². The van der Waals surface area contributed by atoms with Crippen molar-refractivity contribution in [1.29, 1.82) is 0 Å². The van der Waals surface area contributed by atoms with Crippen molar-refractivity contribution in [3.8, 4) is 0 Å². The fourth-order valence-electron chi connectivity index (χ4n) is 3.20. The Bertz CT molecular complexity index is 298. The summed E-state index contributed by atoms with van der Waals surface area (Å²) >= 11 is 0. The lowest BCUT2D eigenvalue weighted by molar-refractivity contribution is -0.131. The Morgan fingerprint density at radius 2 is 2.17 bits per heavy atom. The fourth-order valence-corrected chi connectivity index (χ4v) is 3.20. The highest BCUT2D eigenvalue weighted by molar-refractivity contribution is 5.85. The molecule has 0 aromatic heterocycles. The van der Waals surface area contributed by atoms with Crippen LogP contribution in [-0.4, -0.2) is 29.9 Å². The van der Waals surface area contributed by atoms with Crippen molar-refractivity contribution < 1.29 is 4.79 Å². The summed E-state index contributed by atoms with van der Waals surface area (Å²) in [6, 6.07) is 0.263. The highest BCUT2D eigenvalue weighted by Gasteiger charge is 2.36. The summed E-state index contributed by atoms with van der Waals surface area (Å²) in [7, 11) is 0. The predicted octanol–water partition coefficient (Wildman–Crippen LogP) is 2.57. The Kier molecular flexibility index (Phi) is 5.47. The van der Waals surface area contributed by atoms with Gasteiger partial charge in [-0.05, 0) is 37.0 Å². The summed E-state index contributed by atoms with van der Waals surface area (Å²) in [5, 5.41) is 0. The van der Waals surface area contributed by atoms with Crippen LogP contribution in [0.15, 0.2) is 0 Å². The van der Waals surface area contributed by atoms with E-state index in [-0.39, 0.29) is 18.4 Å². The third kappa shape index (κ3) is 3.39. The highest BCUT2D eigenvalue weighted by atomic mass is 35.5. The number of hydrogen-bond donors (Lipinski definition) is 1. The standard InChI is InChI=1S/C14H26N2O.ClH/c1-3-14(2)7-8-16(10-14)13(17)9-11-5-4-6-12(11)15;/h11-12H,3-10,15H2,1-2H3;1H/t11-,12+,14?;/m0./s1. The Morgan fingerprint density at radius 3 is 2.67 bits per heavy atom. The lowest BCUT2D eigenvalue weighted by Gasteiger charge is -2.24. The van der Waals surface area contributed by atoms with Gasteiger partial charge in [-0.3, -0.25) is 4.79 Å². The van der Waals surface area contributed by atoms with E-state index in [1.165, 1.54) is 12.8 Å². The summed E-state index contributed by atoms with van der Waals surface area (Å²) in [5.74, 6) is 0.778. The van der Waals surface area contributed by atoms with Gasteiger partial charge in [0, 0.05) is 25.6 Å². The number of nitrogens with two attached hydrogens (primary N) is 1. The first-order chi connectivity index (χ1) is 8.04. The van der Waals surface area contributed by atoms with Crippen LogP contribution in [0, 0.1) is 11.3 Å². The van der Waals surface area contributed by atoms with Crippen molar-refractivity contribution in [3.05, 3.63) is 0 Å². The van der Waals surface area contributed by atoms with Gasteiger partial charge in [0.25, 0.3) is 0 Å². The van der Waals surface area contributed by atoms with Crippen LogP contribution in [0.2, 0.25) is 0 Å². The van der Waals surface area contributed by atoms with E-state index in [2.05, 4.69) is 18.7 Å². The second-order valence-electron chi connectivity index (χ2n) is 6.29. The van der Waals surface area contributed by atoms with Gasteiger partial charge in [0.2, 0.25) is 5.91 Å². The van der Waals surface area contributed by atoms with Crippen LogP contribution in [0.4, 0.5) is 0 Å². The smallest absolute Gasteiger partial charge is 0.222 e. The first kappa shape index (κ1) is 15.8. The first-order valence-corrected chi connectivity index (χ1v) is 7.07. The molecule has 4 heteroatoms.